The molecular weight excluding hydrogens is 242 g/mol. The molecule has 0 fully saturated rings. The van der Waals surface area contributed by atoms with Crippen molar-refractivity contribution in [3.63, 3.8) is 0 Å². The molecular formula is C15H15NO3. The third-order valence-corrected chi connectivity index (χ3v) is 2.90. The standard InChI is InChI=1S/C15H15NO3/c1-2-3-10-4-6-11(7-5-10)13-8-12(15(18)19)14(17)9-16-13/h4-9,17H,2-3H2,1H3,(H,18,19). The van der Waals surface area contributed by atoms with Gasteiger partial charge in [-0.15, -0.1) is 0 Å². The Labute approximate surface area is 111 Å². The number of aromatic carboxylic acids is 1. The fraction of sp³-hybridized carbons (Fsp3) is 0.200. The van der Waals surface area contributed by atoms with Crippen molar-refractivity contribution in [3.8, 4) is 17.0 Å². The number of hydrogen-bond donors (Lipinski definition) is 2. The van der Waals surface area contributed by atoms with Crippen LogP contribution in [0.5, 0.6) is 5.75 Å². The Bertz CT molecular complexity index is 591. The lowest BCUT2D eigenvalue weighted by atomic mass is 10.0. The monoisotopic (exact) mass is 257 g/mol. The second kappa shape index (κ2) is 5.52. The number of carbonyl (C=O) groups is 1. The minimum atomic E-state index is -1.16. The van der Waals surface area contributed by atoms with Crippen LogP contribution in [0.25, 0.3) is 11.3 Å². The van der Waals surface area contributed by atoms with Gasteiger partial charge in [0, 0.05) is 5.56 Å². The van der Waals surface area contributed by atoms with E-state index < -0.39 is 5.97 Å². The third kappa shape index (κ3) is 2.91. The van der Waals surface area contributed by atoms with Crippen LogP contribution in [-0.4, -0.2) is 21.2 Å². The van der Waals surface area contributed by atoms with Crippen LogP contribution in [0, 0.1) is 0 Å². The summed E-state index contributed by atoms with van der Waals surface area (Å²) >= 11 is 0. The molecule has 0 amide bonds. The van der Waals surface area contributed by atoms with Crippen molar-refractivity contribution in [2.24, 2.45) is 0 Å². The number of aryl methyl sites for hydroxylation is 1. The molecule has 0 aliphatic rings. The molecule has 4 nitrogen and oxygen atoms in total. The fourth-order valence-electron chi connectivity index (χ4n) is 1.91. The second-order valence-electron chi connectivity index (χ2n) is 4.34. The van der Waals surface area contributed by atoms with Crippen molar-refractivity contribution < 1.29 is 15.0 Å². The number of aromatic hydroxyl groups is 1. The van der Waals surface area contributed by atoms with Crippen LogP contribution in [0.15, 0.2) is 36.5 Å². The smallest absolute Gasteiger partial charge is 0.339 e. The van der Waals surface area contributed by atoms with E-state index in [9.17, 15) is 9.90 Å². The molecule has 2 aromatic rings. The lowest BCUT2D eigenvalue weighted by molar-refractivity contribution is 0.0693. The summed E-state index contributed by atoms with van der Waals surface area (Å²) in [6, 6.07) is 9.22. The lowest BCUT2D eigenvalue weighted by Crippen LogP contribution is -1.98. The van der Waals surface area contributed by atoms with Crippen molar-refractivity contribution in [1.29, 1.82) is 0 Å². The number of aromatic nitrogens is 1. The van der Waals surface area contributed by atoms with Crippen LogP contribution in [-0.2, 0) is 6.42 Å². The number of benzene rings is 1. The highest BCUT2D eigenvalue weighted by atomic mass is 16.4. The predicted octanol–water partition coefficient (Wildman–Crippen LogP) is 3.10. The Morgan fingerprint density at radius 2 is 1.95 bits per heavy atom. The van der Waals surface area contributed by atoms with Crippen LogP contribution in [0.4, 0.5) is 0 Å². The molecule has 1 aromatic carbocycles. The highest BCUT2D eigenvalue weighted by molar-refractivity contribution is 5.91. The number of carboxylic acids is 1. The minimum Gasteiger partial charge on any atom is -0.505 e. The molecule has 2 rings (SSSR count). The van der Waals surface area contributed by atoms with Gasteiger partial charge in [0.1, 0.15) is 11.3 Å². The molecule has 0 aliphatic carbocycles. The van der Waals surface area contributed by atoms with E-state index in [0.29, 0.717) is 5.69 Å². The van der Waals surface area contributed by atoms with Crippen LogP contribution < -0.4 is 0 Å². The molecule has 0 aliphatic heterocycles. The normalized spacial score (nSPS) is 10.4. The summed E-state index contributed by atoms with van der Waals surface area (Å²) in [5, 5.41) is 18.4. The van der Waals surface area contributed by atoms with Gasteiger partial charge < -0.3 is 10.2 Å². The Morgan fingerprint density at radius 3 is 2.53 bits per heavy atom. The average molecular weight is 257 g/mol. The molecule has 19 heavy (non-hydrogen) atoms. The van der Waals surface area contributed by atoms with Gasteiger partial charge in [-0.3, -0.25) is 4.98 Å². The first-order valence-electron chi connectivity index (χ1n) is 6.13. The van der Waals surface area contributed by atoms with E-state index in [1.807, 2.05) is 24.3 Å². The van der Waals surface area contributed by atoms with E-state index in [-0.39, 0.29) is 11.3 Å². The molecule has 4 heteroatoms. The van der Waals surface area contributed by atoms with Crippen LogP contribution in [0.1, 0.15) is 29.3 Å². The van der Waals surface area contributed by atoms with Gasteiger partial charge in [0.25, 0.3) is 0 Å². The molecule has 1 aromatic heterocycles. The van der Waals surface area contributed by atoms with Gasteiger partial charge in [-0.25, -0.2) is 4.79 Å². The maximum absolute atomic E-state index is 11.0. The zero-order valence-corrected chi connectivity index (χ0v) is 10.6. The second-order valence-corrected chi connectivity index (χ2v) is 4.34. The quantitative estimate of drug-likeness (QED) is 0.882. The first kappa shape index (κ1) is 13.1. The summed E-state index contributed by atoms with van der Waals surface area (Å²) < 4.78 is 0. The zero-order valence-electron chi connectivity index (χ0n) is 10.6. The van der Waals surface area contributed by atoms with Crippen molar-refractivity contribution in [2.75, 3.05) is 0 Å². The van der Waals surface area contributed by atoms with Crippen LogP contribution in [0.3, 0.4) is 0 Å². The number of pyridine rings is 1. The van der Waals surface area contributed by atoms with Gasteiger partial charge in [-0.2, -0.15) is 0 Å². The van der Waals surface area contributed by atoms with E-state index >= 15 is 0 Å². The lowest BCUT2D eigenvalue weighted by Gasteiger charge is -2.05. The van der Waals surface area contributed by atoms with Gasteiger partial charge in [0.15, 0.2) is 0 Å². The highest BCUT2D eigenvalue weighted by Gasteiger charge is 2.12. The summed E-state index contributed by atoms with van der Waals surface area (Å²) in [5.41, 5.74) is 2.48. The molecule has 0 spiro atoms. The molecule has 98 valence electrons. The highest BCUT2D eigenvalue weighted by Crippen LogP contribution is 2.23. The van der Waals surface area contributed by atoms with Crippen molar-refractivity contribution >= 4 is 5.97 Å². The number of hydrogen-bond acceptors (Lipinski definition) is 3. The van der Waals surface area contributed by atoms with Crippen LogP contribution >= 0.6 is 0 Å². The van der Waals surface area contributed by atoms with Crippen molar-refractivity contribution in [2.45, 2.75) is 19.8 Å². The van der Waals surface area contributed by atoms with Gasteiger partial charge >= 0.3 is 5.97 Å². The summed E-state index contributed by atoms with van der Waals surface area (Å²) in [7, 11) is 0. The number of carboxylic acid groups (broad SMARTS) is 1. The zero-order chi connectivity index (χ0) is 13.8. The summed E-state index contributed by atoms with van der Waals surface area (Å²) in [6.45, 7) is 2.12. The Hall–Kier alpha value is -2.36. The van der Waals surface area contributed by atoms with Gasteiger partial charge in [0.2, 0.25) is 0 Å². The Morgan fingerprint density at radius 1 is 1.26 bits per heavy atom. The summed E-state index contributed by atoms with van der Waals surface area (Å²) in [4.78, 5) is 15.0. The summed E-state index contributed by atoms with van der Waals surface area (Å²) in [6.07, 6.45) is 3.27. The third-order valence-electron chi connectivity index (χ3n) is 2.90. The van der Waals surface area contributed by atoms with E-state index in [2.05, 4.69) is 11.9 Å². The maximum Gasteiger partial charge on any atom is 0.339 e. The Kier molecular flexibility index (Phi) is 3.80. The topological polar surface area (TPSA) is 70.4 Å². The van der Waals surface area contributed by atoms with Crippen molar-refractivity contribution in [3.05, 3.63) is 47.7 Å². The predicted molar refractivity (Wildman–Crippen MR) is 72.3 cm³/mol. The first-order chi connectivity index (χ1) is 9.11. The SMILES string of the molecule is CCCc1ccc(-c2cc(C(=O)O)c(O)cn2)cc1. The van der Waals surface area contributed by atoms with E-state index in [1.54, 1.807) is 0 Å². The summed E-state index contributed by atoms with van der Waals surface area (Å²) in [5.74, 6) is -1.48. The minimum absolute atomic E-state index is 0.136. The largest absolute Gasteiger partial charge is 0.505 e. The number of nitrogens with zero attached hydrogens (tertiary/aromatic N) is 1. The average Bonchev–Trinajstić information content (AvgIpc) is 2.40. The molecule has 0 bridgehead atoms. The molecule has 0 radical (unpaired) electrons. The molecule has 0 saturated carbocycles. The van der Waals surface area contributed by atoms with E-state index in [1.165, 1.54) is 17.8 Å². The molecule has 2 N–H and O–H groups in total. The van der Waals surface area contributed by atoms with Crippen LogP contribution in [0.2, 0.25) is 0 Å². The van der Waals surface area contributed by atoms with Crippen molar-refractivity contribution in [1.82, 2.24) is 4.98 Å². The molecule has 0 atom stereocenters. The maximum atomic E-state index is 11.0. The molecule has 0 unspecified atom stereocenters. The molecule has 1 heterocycles. The fourth-order valence-corrected chi connectivity index (χ4v) is 1.91. The van der Waals surface area contributed by atoms with Gasteiger partial charge in [0.05, 0.1) is 11.9 Å². The van der Waals surface area contributed by atoms with Gasteiger partial charge in [-0.1, -0.05) is 37.6 Å². The molecule has 0 saturated heterocycles. The van der Waals surface area contributed by atoms with E-state index in [0.717, 1.165) is 18.4 Å². The Balaban J connectivity index is 2.36. The van der Waals surface area contributed by atoms with E-state index in [4.69, 9.17) is 5.11 Å². The van der Waals surface area contributed by atoms with Gasteiger partial charge in [-0.05, 0) is 18.1 Å². The number of rotatable bonds is 4. The first-order valence-corrected chi connectivity index (χ1v) is 6.13.